The molecule has 2 aromatic rings. The Bertz CT molecular complexity index is 472. The summed E-state index contributed by atoms with van der Waals surface area (Å²) < 4.78 is 0. The Kier molecular flexibility index (Phi) is 4.60. The van der Waals surface area contributed by atoms with E-state index in [1.165, 1.54) is 16.7 Å². The first-order chi connectivity index (χ1) is 8.59. The number of hydrogen-bond acceptors (Lipinski definition) is 1. The lowest BCUT2D eigenvalue weighted by Gasteiger charge is -2.11. The Hall–Kier alpha value is -0.630. The molecule has 0 aliphatic carbocycles. The second kappa shape index (κ2) is 6.01. The quantitative estimate of drug-likeness (QED) is 0.635. The lowest BCUT2D eigenvalue weighted by atomic mass is 10.1. The van der Waals surface area contributed by atoms with E-state index < -0.39 is 0 Å². The van der Waals surface area contributed by atoms with Crippen LogP contribution in [0.15, 0.2) is 41.3 Å². The highest BCUT2D eigenvalue weighted by Crippen LogP contribution is 2.36. The zero-order chi connectivity index (χ0) is 13.1. The van der Waals surface area contributed by atoms with E-state index in [0.29, 0.717) is 0 Å². The summed E-state index contributed by atoms with van der Waals surface area (Å²) in [6.45, 7) is 4.27. The van der Waals surface area contributed by atoms with Gasteiger partial charge in [0.1, 0.15) is 0 Å². The molecule has 2 aromatic carbocycles. The highest BCUT2D eigenvalue weighted by Gasteiger charge is 2.08. The van der Waals surface area contributed by atoms with Crippen molar-refractivity contribution in [2.75, 3.05) is 0 Å². The first-order valence-corrected chi connectivity index (χ1v) is 7.45. The molecule has 0 spiro atoms. The van der Waals surface area contributed by atoms with E-state index >= 15 is 0 Å². The van der Waals surface area contributed by atoms with Crippen LogP contribution in [0.3, 0.4) is 0 Å². The highest BCUT2D eigenvalue weighted by molar-refractivity contribution is 7.98. The summed E-state index contributed by atoms with van der Waals surface area (Å²) >= 11 is 14.0. The monoisotopic (exact) mass is 296 g/mol. The summed E-state index contributed by atoms with van der Waals surface area (Å²) in [5.74, 6) is 0.891. The van der Waals surface area contributed by atoms with Gasteiger partial charge in [-0.3, -0.25) is 0 Å². The van der Waals surface area contributed by atoms with Gasteiger partial charge in [0.15, 0.2) is 0 Å². The van der Waals surface area contributed by atoms with Crippen LogP contribution in [-0.2, 0) is 5.75 Å². The van der Waals surface area contributed by atoms with Crippen molar-refractivity contribution in [1.82, 2.24) is 0 Å². The molecule has 94 valence electrons. The van der Waals surface area contributed by atoms with Crippen LogP contribution in [0.25, 0.3) is 0 Å². The number of halogens is 2. The fourth-order valence-corrected chi connectivity index (χ4v) is 3.72. The molecular weight excluding hydrogens is 283 g/mol. The molecule has 0 unspecified atom stereocenters. The number of aryl methyl sites for hydroxylation is 2. The van der Waals surface area contributed by atoms with Gasteiger partial charge in [-0.1, -0.05) is 47.5 Å². The van der Waals surface area contributed by atoms with Gasteiger partial charge >= 0.3 is 0 Å². The average molecular weight is 297 g/mol. The molecule has 0 aliphatic heterocycles. The molecule has 3 heteroatoms. The van der Waals surface area contributed by atoms with Gasteiger partial charge in [-0.05, 0) is 42.7 Å². The van der Waals surface area contributed by atoms with Crippen molar-refractivity contribution in [3.63, 3.8) is 0 Å². The third-order valence-corrected chi connectivity index (χ3v) is 4.94. The Morgan fingerprint density at radius 1 is 0.889 bits per heavy atom. The minimum absolute atomic E-state index is 0.721. The molecule has 0 saturated heterocycles. The van der Waals surface area contributed by atoms with Crippen molar-refractivity contribution < 1.29 is 0 Å². The zero-order valence-electron chi connectivity index (χ0n) is 10.3. The summed E-state index contributed by atoms with van der Waals surface area (Å²) in [4.78, 5) is 0.962. The van der Waals surface area contributed by atoms with Gasteiger partial charge < -0.3 is 0 Å². The van der Waals surface area contributed by atoms with E-state index in [1.54, 1.807) is 11.8 Å². The molecule has 0 saturated carbocycles. The summed E-state index contributed by atoms with van der Waals surface area (Å²) in [7, 11) is 0. The van der Waals surface area contributed by atoms with Gasteiger partial charge in [-0.15, -0.1) is 11.8 Å². The van der Waals surface area contributed by atoms with Crippen molar-refractivity contribution in [1.29, 1.82) is 0 Å². The summed E-state index contributed by atoms with van der Waals surface area (Å²) in [6, 6.07) is 12.0. The Morgan fingerprint density at radius 2 is 1.39 bits per heavy atom. The normalized spacial score (nSPS) is 10.7. The van der Waals surface area contributed by atoms with Crippen molar-refractivity contribution >= 4 is 35.0 Å². The third-order valence-electron chi connectivity index (χ3n) is 2.92. The summed E-state index contributed by atoms with van der Waals surface area (Å²) in [5.41, 5.74) is 3.98. The van der Waals surface area contributed by atoms with Crippen LogP contribution in [0.4, 0.5) is 0 Å². The number of benzene rings is 2. The maximum atomic E-state index is 6.17. The lowest BCUT2D eigenvalue weighted by molar-refractivity contribution is 1.24. The molecule has 0 fully saturated rings. The van der Waals surface area contributed by atoms with Crippen molar-refractivity contribution in [3.8, 4) is 0 Å². The standard InChI is InChI=1S/C15H14Cl2S/c1-10-5-3-6-11(2)12(10)9-18-15-13(16)7-4-8-14(15)17/h3-8H,9H2,1-2H3. The number of thioether (sulfide) groups is 1. The maximum absolute atomic E-state index is 6.17. The fourth-order valence-electron chi connectivity index (χ4n) is 1.84. The minimum atomic E-state index is 0.721. The van der Waals surface area contributed by atoms with E-state index in [2.05, 4.69) is 32.0 Å². The molecule has 0 nitrogen and oxygen atoms in total. The molecule has 0 heterocycles. The minimum Gasteiger partial charge on any atom is -0.118 e. The van der Waals surface area contributed by atoms with Crippen LogP contribution >= 0.6 is 35.0 Å². The largest absolute Gasteiger partial charge is 0.118 e. The Morgan fingerprint density at radius 3 is 1.94 bits per heavy atom. The molecule has 0 amide bonds. The smallest absolute Gasteiger partial charge is 0.0557 e. The van der Waals surface area contributed by atoms with E-state index in [-0.39, 0.29) is 0 Å². The molecule has 0 atom stereocenters. The van der Waals surface area contributed by atoms with Gasteiger partial charge in [0.2, 0.25) is 0 Å². The van der Waals surface area contributed by atoms with Crippen molar-refractivity contribution in [2.24, 2.45) is 0 Å². The third kappa shape index (κ3) is 3.03. The maximum Gasteiger partial charge on any atom is 0.0557 e. The second-order valence-corrected chi connectivity index (χ2v) is 6.01. The molecular formula is C15H14Cl2S. The van der Waals surface area contributed by atoms with Crippen LogP contribution < -0.4 is 0 Å². The van der Waals surface area contributed by atoms with Crippen LogP contribution in [0, 0.1) is 13.8 Å². The molecule has 0 bridgehead atoms. The molecule has 18 heavy (non-hydrogen) atoms. The lowest BCUT2D eigenvalue weighted by Crippen LogP contribution is -1.91. The van der Waals surface area contributed by atoms with Gasteiger partial charge in [0, 0.05) is 10.6 Å². The first-order valence-electron chi connectivity index (χ1n) is 5.71. The fraction of sp³-hybridized carbons (Fsp3) is 0.200. The Balaban J connectivity index is 2.22. The molecule has 0 aliphatic rings. The van der Waals surface area contributed by atoms with Gasteiger partial charge in [0.25, 0.3) is 0 Å². The SMILES string of the molecule is Cc1cccc(C)c1CSc1c(Cl)cccc1Cl. The zero-order valence-corrected chi connectivity index (χ0v) is 12.7. The summed E-state index contributed by atoms with van der Waals surface area (Å²) in [6.07, 6.45) is 0. The second-order valence-electron chi connectivity index (χ2n) is 4.21. The molecule has 0 radical (unpaired) electrons. The van der Waals surface area contributed by atoms with Gasteiger partial charge in [-0.25, -0.2) is 0 Å². The Labute approximate surface area is 122 Å². The molecule has 0 aromatic heterocycles. The molecule has 2 rings (SSSR count). The predicted octanol–water partition coefficient (Wildman–Crippen LogP) is 5.90. The number of rotatable bonds is 3. The van der Waals surface area contributed by atoms with Crippen LogP contribution in [0.1, 0.15) is 16.7 Å². The predicted molar refractivity (Wildman–Crippen MR) is 81.9 cm³/mol. The van der Waals surface area contributed by atoms with Gasteiger partial charge in [0.05, 0.1) is 10.0 Å². The van der Waals surface area contributed by atoms with Crippen LogP contribution in [0.2, 0.25) is 10.0 Å². The topological polar surface area (TPSA) is 0 Å². The van der Waals surface area contributed by atoms with Crippen LogP contribution in [0.5, 0.6) is 0 Å². The average Bonchev–Trinajstić information content (AvgIpc) is 2.31. The van der Waals surface area contributed by atoms with E-state index in [1.807, 2.05) is 18.2 Å². The molecule has 0 N–H and O–H groups in total. The highest BCUT2D eigenvalue weighted by atomic mass is 35.5. The summed E-state index contributed by atoms with van der Waals surface area (Å²) in [5, 5.41) is 1.44. The van der Waals surface area contributed by atoms with E-state index in [9.17, 15) is 0 Å². The van der Waals surface area contributed by atoms with Gasteiger partial charge in [-0.2, -0.15) is 0 Å². The van der Waals surface area contributed by atoms with Crippen molar-refractivity contribution in [3.05, 3.63) is 63.1 Å². The number of hydrogen-bond donors (Lipinski definition) is 0. The van der Waals surface area contributed by atoms with E-state index in [4.69, 9.17) is 23.2 Å². The first kappa shape index (κ1) is 13.8. The van der Waals surface area contributed by atoms with Crippen molar-refractivity contribution in [2.45, 2.75) is 24.5 Å². The van der Waals surface area contributed by atoms with Crippen LogP contribution in [-0.4, -0.2) is 0 Å². The van der Waals surface area contributed by atoms with E-state index in [0.717, 1.165) is 20.7 Å².